The standard InChI is InChI=1S/C21H22N2O6/c1-6-21(3,4)11-7-10-17(23(5)16(20(28)29)9(2)18(10)25)14-13(24)8-12(19(26)27)22-15(11)14/h7-8H,6H2,1-5H3,(H,22,24)(H,26,27)(H,28,29)/p-2. The highest BCUT2D eigenvalue weighted by Crippen LogP contribution is 2.35. The van der Waals surface area contributed by atoms with Crippen LogP contribution in [0.3, 0.4) is 0 Å². The highest BCUT2D eigenvalue weighted by Gasteiger charge is 2.26. The molecule has 8 heteroatoms. The van der Waals surface area contributed by atoms with Crippen LogP contribution >= 0.6 is 0 Å². The van der Waals surface area contributed by atoms with Gasteiger partial charge in [0.05, 0.1) is 39.7 Å². The molecule has 0 aliphatic rings. The normalized spacial score (nSPS) is 11.9. The van der Waals surface area contributed by atoms with Gasteiger partial charge in [0.2, 0.25) is 0 Å². The molecular weight excluding hydrogens is 376 g/mol. The Labute approximate surface area is 165 Å². The molecule has 2 heterocycles. The van der Waals surface area contributed by atoms with Crippen LogP contribution in [0.4, 0.5) is 0 Å². The first-order valence-electron chi connectivity index (χ1n) is 9.08. The summed E-state index contributed by atoms with van der Waals surface area (Å²) in [5.41, 5.74) is -1.48. The third-order valence-electron chi connectivity index (χ3n) is 5.72. The zero-order valence-electron chi connectivity index (χ0n) is 16.8. The van der Waals surface area contributed by atoms with Crippen LogP contribution in [-0.2, 0) is 12.5 Å². The van der Waals surface area contributed by atoms with Crippen molar-refractivity contribution < 1.29 is 19.8 Å². The molecule has 0 amide bonds. The van der Waals surface area contributed by atoms with Crippen molar-refractivity contribution in [1.29, 1.82) is 0 Å². The number of carbonyl (C=O) groups excluding carboxylic acids is 2. The van der Waals surface area contributed by atoms with E-state index in [1.165, 1.54) is 18.5 Å². The van der Waals surface area contributed by atoms with Gasteiger partial charge in [-0.1, -0.05) is 20.8 Å². The molecule has 0 radical (unpaired) electrons. The number of aromatic nitrogens is 2. The molecule has 152 valence electrons. The van der Waals surface area contributed by atoms with Crippen LogP contribution in [0.2, 0.25) is 0 Å². The van der Waals surface area contributed by atoms with Crippen molar-refractivity contribution >= 4 is 33.7 Å². The lowest BCUT2D eigenvalue weighted by atomic mass is 9.80. The first kappa shape index (κ1) is 20.3. The number of hydrogen-bond acceptors (Lipinski definition) is 6. The monoisotopic (exact) mass is 396 g/mol. The van der Waals surface area contributed by atoms with Crippen LogP contribution < -0.4 is 21.1 Å². The van der Waals surface area contributed by atoms with Crippen LogP contribution in [0, 0.1) is 6.92 Å². The smallest absolute Gasteiger partial charge is 0.193 e. The number of pyridine rings is 2. The number of rotatable bonds is 4. The summed E-state index contributed by atoms with van der Waals surface area (Å²) in [6, 6.07) is 2.48. The summed E-state index contributed by atoms with van der Waals surface area (Å²) in [6.45, 7) is 7.14. The number of carboxylic acid groups (broad SMARTS) is 2. The SMILES string of the molecule is CCC(C)(C)c1cc2c(=O)c(C)c(C(=O)[O-])n(C)c2c2c(=O)cc(C(=O)[O-])[nH]c12. The number of carbonyl (C=O) groups is 2. The maximum Gasteiger partial charge on any atom is 0.193 e. The average Bonchev–Trinajstić information content (AvgIpc) is 2.64. The van der Waals surface area contributed by atoms with E-state index in [4.69, 9.17) is 0 Å². The van der Waals surface area contributed by atoms with Crippen LogP contribution in [0.25, 0.3) is 21.8 Å². The summed E-state index contributed by atoms with van der Waals surface area (Å²) in [5.74, 6) is -3.09. The van der Waals surface area contributed by atoms with Gasteiger partial charge in [-0.05, 0) is 30.4 Å². The molecule has 2 aromatic heterocycles. The second-order valence-electron chi connectivity index (χ2n) is 7.79. The Morgan fingerprint density at radius 1 is 1.14 bits per heavy atom. The van der Waals surface area contributed by atoms with Gasteiger partial charge in [0, 0.05) is 24.1 Å². The molecule has 0 atom stereocenters. The first-order valence-corrected chi connectivity index (χ1v) is 9.08. The molecule has 1 aromatic carbocycles. The van der Waals surface area contributed by atoms with E-state index >= 15 is 0 Å². The highest BCUT2D eigenvalue weighted by atomic mass is 16.4. The van der Waals surface area contributed by atoms with Gasteiger partial charge in [-0.25, -0.2) is 0 Å². The molecule has 0 spiro atoms. The third-order valence-corrected chi connectivity index (χ3v) is 5.72. The number of aromatic amines is 1. The predicted molar refractivity (Wildman–Crippen MR) is 104 cm³/mol. The summed E-state index contributed by atoms with van der Waals surface area (Å²) in [4.78, 5) is 51.7. The Balaban J connectivity index is 2.77. The maximum absolute atomic E-state index is 13.0. The molecule has 0 saturated heterocycles. The molecule has 0 bridgehead atoms. The van der Waals surface area contributed by atoms with E-state index in [0.29, 0.717) is 12.0 Å². The molecule has 0 aliphatic heterocycles. The van der Waals surface area contributed by atoms with Gasteiger partial charge in [0.25, 0.3) is 0 Å². The van der Waals surface area contributed by atoms with Gasteiger partial charge in [0.15, 0.2) is 10.9 Å². The van der Waals surface area contributed by atoms with E-state index in [9.17, 15) is 29.4 Å². The number of H-pyrrole nitrogens is 1. The second-order valence-corrected chi connectivity index (χ2v) is 7.79. The molecule has 0 aliphatic carbocycles. The molecular formula is C21H20N2O6-2. The number of hydrogen-bond donors (Lipinski definition) is 1. The third kappa shape index (κ3) is 2.91. The summed E-state index contributed by atoms with van der Waals surface area (Å²) in [6.07, 6.45) is 0.640. The van der Waals surface area contributed by atoms with Crippen LogP contribution in [-0.4, -0.2) is 21.5 Å². The fourth-order valence-electron chi connectivity index (χ4n) is 3.73. The number of benzene rings is 1. The van der Waals surface area contributed by atoms with E-state index in [1.54, 1.807) is 6.07 Å². The highest BCUT2D eigenvalue weighted by molar-refractivity contribution is 6.08. The van der Waals surface area contributed by atoms with Gasteiger partial charge >= 0.3 is 0 Å². The Morgan fingerprint density at radius 2 is 1.76 bits per heavy atom. The molecule has 0 fully saturated rings. The minimum atomic E-state index is -1.54. The number of aryl methyl sites for hydroxylation is 1. The van der Waals surface area contributed by atoms with Crippen LogP contribution in [0.1, 0.15) is 59.3 Å². The number of carboxylic acids is 2. The van der Waals surface area contributed by atoms with Crippen molar-refractivity contribution in [3.05, 3.63) is 55.1 Å². The topological polar surface area (TPSA) is 135 Å². The molecule has 8 nitrogen and oxygen atoms in total. The quantitative estimate of drug-likeness (QED) is 0.622. The van der Waals surface area contributed by atoms with Crippen molar-refractivity contribution in [2.75, 3.05) is 0 Å². The van der Waals surface area contributed by atoms with Crippen molar-refractivity contribution in [2.45, 2.75) is 39.5 Å². The lowest BCUT2D eigenvalue weighted by Crippen LogP contribution is -2.31. The van der Waals surface area contributed by atoms with Crippen molar-refractivity contribution in [1.82, 2.24) is 9.55 Å². The van der Waals surface area contributed by atoms with Gasteiger partial charge in [-0.3, -0.25) is 9.59 Å². The Kier molecular flexibility index (Phi) is 4.61. The molecule has 29 heavy (non-hydrogen) atoms. The number of aromatic carboxylic acids is 2. The molecule has 1 N–H and O–H groups in total. The van der Waals surface area contributed by atoms with Crippen LogP contribution in [0.15, 0.2) is 21.7 Å². The fourth-order valence-corrected chi connectivity index (χ4v) is 3.73. The first-order chi connectivity index (χ1) is 13.4. The Bertz CT molecular complexity index is 1330. The number of nitrogens with one attached hydrogen (secondary N) is 1. The predicted octanol–water partition coefficient (Wildman–Crippen LogP) is 0.103. The van der Waals surface area contributed by atoms with E-state index in [1.807, 2.05) is 20.8 Å². The van der Waals surface area contributed by atoms with Gasteiger partial charge in [-0.15, -0.1) is 0 Å². The second kappa shape index (κ2) is 6.58. The summed E-state index contributed by atoms with van der Waals surface area (Å²) in [5, 5.41) is 23.2. The van der Waals surface area contributed by atoms with Crippen molar-refractivity contribution in [3.8, 4) is 0 Å². The van der Waals surface area contributed by atoms with E-state index in [-0.39, 0.29) is 33.1 Å². The minimum Gasteiger partial charge on any atom is -0.543 e. The molecule has 0 saturated carbocycles. The van der Waals surface area contributed by atoms with Crippen LogP contribution in [0.5, 0.6) is 0 Å². The van der Waals surface area contributed by atoms with Crippen molar-refractivity contribution in [3.63, 3.8) is 0 Å². The zero-order chi connectivity index (χ0) is 21.8. The number of fused-ring (bicyclic) bond motifs is 3. The fraction of sp³-hybridized carbons (Fsp3) is 0.333. The summed E-state index contributed by atoms with van der Waals surface area (Å²) in [7, 11) is 1.43. The van der Waals surface area contributed by atoms with Crippen molar-refractivity contribution in [2.24, 2.45) is 7.05 Å². The summed E-state index contributed by atoms with van der Waals surface area (Å²) < 4.78 is 1.24. The van der Waals surface area contributed by atoms with Gasteiger partial charge in [-0.2, -0.15) is 0 Å². The average molecular weight is 396 g/mol. The molecule has 3 aromatic rings. The van der Waals surface area contributed by atoms with E-state index in [2.05, 4.69) is 4.98 Å². The number of nitrogens with zero attached hydrogens (tertiary/aromatic N) is 1. The van der Waals surface area contributed by atoms with Gasteiger partial charge in [0.1, 0.15) is 0 Å². The van der Waals surface area contributed by atoms with E-state index < -0.39 is 33.9 Å². The minimum absolute atomic E-state index is 0.00221. The Morgan fingerprint density at radius 3 is 2.28 bits per heavy atom. The Hall–Kier alpha value is -3.42. The molecule has 0 unspecified atom stereocenters. The van der Waals surface area contributed by atoms with E-state index in [0.717, 1.165) is 6.07 Å². The largest absolute Gasteiger partial charge is 0.543 e. The summed E-state index contributed by atoms with van der Waals surface area (Å²) >= 11 is 0. The lowest BCUT2D eigenvalue weighted by Gasteiger charge is -2.27. The maximum atomic E-state index is 13.0. The lowest BCUT2D eigenvalue weighted by molar-refractivity contribution is -0.256. The molecule has 3 rings (SSSR count). The van der Waals surface area contributed by atoms with Gasteiger partial charge < -0.3 is 29.4 Å². The zero-order valence-corrected chi connectivity index (χ0v) is 16.8.